The molecule has 2 bridgehead atoms. The van der Waals surface area contributed by atoms with E-state index in [0.29, 0.717) is 18.4 Å². The van der Waals surface area contributed by atoms with Crippen LogP contribution in [0.15, 0.2) is 44.7 Å². The van der Waals surface area contributed by atoms with Crippen LogP contribution in [0.25, 0.3) is 0 Å². The highest BCUT2D eigenvalue weighted by atomic mass is 79.9. The van der Waals surface area contributed by atoms with Crippen LogP contribution in [0, 0.1) is 11.3 Å². The first kappa shape index (κ1) is 18.0. The Morgan fingerprint density at radius 3 is 3.00 bits per heavy atom. The predicted molar refractivity (Wildman–Crippen MR) is 110 cm³/mol. The Labute approximate surface area is 176 Å². The van der Waals surface area contributed by atoms with Crippen molar-refractivity contribution < 1.29 is 14.9 Å². The second-order valence-electron chi connectivity index (χ2n) is 8.84. The molecule has 2 aliphatic heterocycles. The number of aliphatic hydroxyl groups is 2. The summed E-state index contributed by atoms with van der Waals surface area (Å²) in [4.78, 5) is 7.05. The van der Waals surface area contributed by atoms with Gasteiger partial charge in [-0.15, -0.1) is 11.3 Å². The van der Waals surface area contributed by atoms with Crippen LogP contribution < -0.4 is 0 Å². The molecule has 3 aliphatic carbocycles. The second-order valence-corrected chi connectivity index (χ2v) is 11.0. The molecule has 1 aromatic heterocycles. The smallest absolute Gasteiger partial charge is 0.159 e. The van der Waals surface area contributed by atoms with Crippen molar-refractivity contribution >= 4 is 27.3 Å². The summed E-state index contributed by atoms with van der Waals surface area (Å²) in [7, 11) is 2.20. The third kappa shape index (κ3) is 2.08. The average Bonchev–Trinajstić information content (AvgIpc) is 3.21. The number of allylic oxidation sites excluding steroid dienone is 1. The van der Waals surface area contributed by atoms with Gasteiger partial charge in [-0.25, -0.2) is 4.98 Å². The molecule has 7 heteroatoms. The Hall–Kier alpha value is -0.830. The lowest BCUT2D eigenvalue weighted by Crippen LogP contribution is -2.62. The van der Waals surface area contributed by atoms with Crippen LogP contribution in [-0.4, -0.2) is 63.6 Å². The number of nitrogens with zero attached hydrogens (tertiary/aromatic N) is 2. The molecule has 0 saturated carbocycles. The van der Waals surface area contributed by atoms with Gasteiger partial charge in [-0.3, -0.25) is 0 Å². The van der Waals surface area contributed by atoms with Gasteiger partial charge in [-0.05, 0) is 53.5 Å². The molecular formula is C21H23BrN2O3S. The topological polar surface area (TPSA) is 65.8 Å². The number of halogens is 1. The molecule has 0 amide bonds. The van der Waals surface area contributed by atoms with Crippen LogP contribution in [0.3, 0.4) is 0 Å². The van der Waals surface area contributed by atoms with Crippen LogP contribution in [0.1, 0.15) is 18.5 Å². The molecule has 1 aromatic rings. The Morgan fingerprint density at radius 1 is 1.36 bits per heavy atom. The number of piperidine rings is 1. The minimum atomic E-state index is -0.839. The van der Waals surface area contributed by atoms with E-state index in [2.05, 4.69) is 45.0 Å². The second kappa shape index (κ2) is 5.86. The summed E-state index contributed by atoms with van der Waals surface area (Å²) in [6, 6.07) is 0.409. The highest BCUT2D eigenvalue weighted by molar-refractivity contribution is 9.11. The fourth-order valence-corrected chi connectivity index (χ4v) is 7.70. The summed E-state index contributed by atoms with van der Waals surface area (Å²) in [6.07, 6.45) is 8.83. The first-order valence-electron chi connectivity index (χ1n) is 9.90. The van der Waals surface area contributed by atoms with Gasteiger partial charge in [0.15, 0.2) is 3.92 Å². The molecule has 2 fully saturated rings. The lowest BCUT2D eigenvalue weighted by Gasteiger charge is -2.58. The predicted octanol–water partition coefficient (Wildman–Crippen LogP) is 2.45. The van der Waals surface area contributed by atoms with Crippen molar-refractivity contribution in [1.82, 2.24) is 9.88 Å². The van der Waals surface area contributed by atoms with Crippen molar-refractivity contribution in [2.24, 2.45) is 11.3 Å². The Morgan fingerprint density at radius 2 is 2.21 bits per heavy atom. The Kier molecular flexibility index (Phi) is 3.77. The largest absolute Gasteiger partial charge is 0.386 e. The number of likely N-dealkylation sites (tertiary alicyclic amines) is 1. The van der Waals surface area contributed by atoms with Crippen molar-refractivity contribution in [3.8, 4) is 0 Å². The maximum absolute atomic E-state index is 11.2. The summed E-state index contributed by atoms with van der Waals surface area (Å²) in [5.74, 6) is 0.307. The van der Waals surface area contributed by atoms with Gasteiger partial charge >= 0.3 is 0 Å². The first-order valence-corrected chi connectivity index (χ1v) is 11.6. The molecule has 1 spiro atoms. The lowest BCUT2D eigenvalue weighted by molar-refractivity contribution is -0.141. The molecular weight excluding hydrogens is 440 g/mol. The number of hydrogen-bond acceptors (Lipinski definition) is 6. The lowest BCUT2D eigenvalue weighted by atomic mass is 9.50. The molecule has 28 heavy (non-hydrogen) atoms. The fourth-order valence-electron chi connectivity index (χ4n) is 6.65. The van der Waals surface area contributed by atoms with Crippen LogP contribution in [0.2, 0.25) is 0 Å². The fraction of sp³-hybridized carbons (Fsp3) is 0.571. The van der Waals surface area contributed by atoms with Crippen LogP contribution in [0.5, 0.6) is 0 Å². The zero-order valence-corrected chi connectivity index (χ0v) is 18.0. The molecule has 2 saturated heterocycles. The standard InChI is InChI=1S/C21H23BrN2O3S/c1-24-7-6-20-13-3-4-15(25)18(20)27-21(9-12-10-28-19(22)23-12)16(26)5-2-11(17(20)21)8-14(13)24/h2-5,10,13-16,18,25-26H,6-9H2,1H3/t13-,14+,15-,16?,18-,20-,21?/m0/s1. The number of rotatable bonds is 2. The number of aromatic nitrogens is 1. The van der Waals surface area contributed by atoms with Gasteiger partial charge in [0.2, 0.25) is 0 Å². The van der Waals surface area contributed by atoms with Gasteiger partial charge < -0.3 is 19.8 Å². The monoisotopic (exact) mass is 462 g/mol. The molecule has 2 unspecified atom stereocenters. The summed E-state index contributed by atoms with van der Waals surface area (Å²) >= 11 is 5.00. The molecule has 3 heterocycles. The van der Waals surface area contributed by atoms with Crippen molar-refractivity contribution in [2.75, 3.05) is 13.6 Å². The number of aliphatic hydroxyl groups excluding tert-OH is 2. The van der Waals surface area contributed by atoms with Crippen LogP contribution >= 0.6 is 27.3 Å². The van der Waals surface area contributed by atoms with E-state index in [-0.39, 0.29) is 11.5 Å². The average molecular weight is 463 g/mol. The van der Waals surface area contributed by atoms with E-state index < -0.39 is 17.8 Å². The van der Waals surface area contributed by atoms with Gasteiger partial charge in [0.1, 0.15) is 11.7 Å². The quantitative estimate of drug-likeness (QED) is 0.660. The molecule has 5 aliphatic rings. The van der Waals surface area contributed by atoms with Gasteiger partial charge in [0.25, 0.3) is 0 Å². The molecule has 0 radical (unpaired) electrons. The maximum Gasteiger partial charge on any atom is 0.159 e. The van der Waals surface area contributed by atoms with E-state index in [4.69, 9.17) is 4.74 Å². The van der Waals surface area contributed by atoms with Gasteiger partial charge in [0, 0.05) is 29.2 Å². The third-order valence-corrected chi connectivity index (χ3v) is 9.10. The highest BCUT2D eigenvalue weighted by Crippen LogP contribution is 2.67. The molecule has 6 rings (SSSR count). The molecule has 2 N–H and O–H groups in total. The molecule has 148 valence electrons. The summed E-state index contributed by atoms with van der Waals surface area (Å²) < 4.78 is 7.60. The third-order valence-electron chi connectivity index (χ3n) is 7.69. The Balaban J connectivity index is 1.58. The SMILES string of the molecule is CN1CC[C@]23C4=C5C=CC(O)C4(Cc4csc(Br)n4)O[C@H]2[C@@H](O)C=C[C@H]3[C@H]1C5. The summed E-state index contributed by atoms with van der Waals surface area (Å²) in [5, 5.41) is 24.2. The van der Waals surface area contributed by atoms with Crippen LogP contribution in [-0.2, 0) is 11.2 Å². The zero-order valence-electron chi connectivity index (χ0n) is 15.6. The summed E-state index contributed by atoms with van der Waals surface area (Å²) in [5.41, 5.74) is 2.37. The Bertz CT molecular complexity index is 942. The number of hydrogen-bond donors (Lipinski definition) is 2. The van der Waals surface area contributed by atoms with E-state index in [1.54, 1.807) is 11.3 Å². The zero-order chi connectivity index (χ0) is 19.3. The normalized spacial score (nSPS) is 46.2. The van der Waals surface area contributed by atoms with E-state index in [1.807, 2.05) is 17.5 Å². The van der Waals surface area contributed by atoms with E-state index >= 15 is 0 Å². The van der Waals surface area contributed by atoms with E-state index in [1.165, 1.54) is 11.1 Å². The van der Waals surface area contributed by atoms with Crippen molar-refractivity contribution in [3.05, 3.63) is 50.4 Å². The molecule has 5 nitrogen and oxygen atoms in total. The summed E-state index contributed by atoms with van der Waals surface area (Å²) in [6.45, 7) is 0.983. The van der Waals surface area contributed by atoms with Crippen molar-refractivity contribution in [3.63, 3.8) is 0 Å². The van der Waals surface area contributed by atoms with Crippen molar-refractivity contribution in [1.29, 1.82) is 0 Å². The van der Waals surface area contributed by atoms with Gasteiger partial charge in [-0.2, -0.15) is 0 Å². The van der Waals surface area contributed by atoms with Gasteiger partial charge in [-0.1, -0.05) is 24.3 Å². The van der Waals surface area contributed by atoms with E-state index in [0.717, 1.165) is 29.0 Å². The van der Waals surface area contributed by atoms with Gasteiger partial charge in [0.05, 0.1) is 17.9 Å². The number of thiazole rings is 1. The van der Waals surface area contributed by atoms with Crippen LogP contribution in [0.4, 0.5) is 0 Å². The minimum Gasteiger partial charge on any atom is -0.386 e. The maximum atomic E-state index is 11.2. The molecule has 0 aromatic carbocycles. The first-order chi connectivity index (χ1) is 13.5. The minimum absolute atomic E-state index is 0.238. The van der Waals surface area contributed by atoms with E-state index in [9.17, 15) is 10.2 Å². The highest BCUT2D eigenvalue weighted by Gasteiger charge is 2.71. The van der Waals surface area contributed by atoms with Crippen molar-refractivity contribution in [2.45, 2.75) is 49.2 Å². The molecule has 7 atom stereocenters. The number of ether oxygens (including phenoxy) is 1.